The fourth-order valence-electron chi connectivity index (χ4n) is 3.74. The second kappa shape index (κ2) is 10.6. The van der Waals surface area contributed by atoms with Crippen LogP contribution in [0.2, 0.25) is 0 Å². The number of benzene rings is 1. The topological polar surface area (TPSA) is 45.6 Å². The summed E-state index contributed by atoms with van der Waals surface area (Å²) in [5.41, 5.74) is 3.04. The monoisotopic (exact) mass is 437 g/mol. The van der Waals surface area contributed by atoms with Crippen molar-refractivity contribution in [2.45, 2.75) is 32.9 Å². The number of thiophene rings is 1. The van der Waals surface area contributed by atoms with Crippen molar-refractivity contribution in [1.82, 2.24) is 14.4 Å². The highest BCUT2D eigenvalue weighted by Gasteiger charge is 2.23. The van der Waals surface area contributed by atoms with Gasteiger partial charge in [-0.1, -0.05) is 36.4 Å². The molecule has 6 heteroatoms. The Hall–Kier alpha value is -2.70. The molecule has 1 amide bonds. The van der Waals surface area contributed by atoms with Crippen molar-refractivity contribution < 1.29 is 4.79 Å². The van der Waals surface area contributed by atoms with E-state index in [1.807, 2.05) is 56.7 Å². The molecule has 0 spiro atoms. The zero-order chi connectivity index (χ0) is 22.4. The average Bonchev–Trinajstić information content (AvgIpc) is 3.24. The van der Waals surface area contributed by atoms with Crippen LogP contribution in [0.15, 0.2) is 58.7 Å². The van der Waals surface area contributed by atoms with Crippen molar-refractivity contribution in [3.8, 4) is 0 Å². The molecule has 0 bridgehead atoms. The summed E-state index contributed by atoms with van der Waals surface area (Å²) >= 11 is 1.61. The molecule has 0 N–H and O–H groups in total. The Kier molecular flexibility index (Phi) is 7.82. The largest absolute Gasteiger partial charge is 0.347 e. The Morgan fingerprint density at radius 3 is 2.42 bits per heavy atom. The van der Waals surface area contributed by atoms with Gasteiger partial charge in [-0.15, -0.1) is 11.3 Å². The second-order valence-corrected chi connectivity index (χ2v) is 9.18. The van der Waals surface area contributed by atoms with Crippen LogP contribution in [0.1, 0.15) is 32.2 Å². The average molecular weight is 438 g/mol. The van der Waals surface area contributed by atoms with E-state index in [9.17, 15) is 9.59 Å². The van der Waals surface area contributed by atoms with Gasteiger partial charge in [0.1, 0.15) is 5.56 Å². The molecule has 0 aliphatic heterocycles. The molecule has 2 aromatic heterocycles. The van der Waals surface area contributed by atoms with E-state index in [1.165, 1.54) is 5.56 Å². The van der Waals surface area contributed by atoms with Gasteiger partial charge in [-0.05, 0) is 50.9 Å². The first-order valence-electron chi connectivity index (χ1n) is 10.6. The molecule has 164 valence electrons. The number of amides is 1. The van der Waals surface area contributed by atoms with E-state index in [2.05, 4.69) is 21.6 Å². The Morgan fingerprint density at radius 2 is 1.77 bits per heavy atom. The SMILES string of the molecule is Cc1cc(=O)c(C(=O)N(C)Cc2cccs2)c(CCc2ccccc2)n1CCN(C)C. The summed E-state index contributed by atoms with van der Waals surface area (Å²) in [6, 6.07) is 15.8. The Labute approximate surface area is 188 Å². The molecule has 3 aromatic rings. The number of carbonyl (C=O) groups excluding carboxylic acids is 1. The van der Waals surface area contributed by atoms with Gasteiger partial charge < -0.3 is 14.4 Å². The Morgan fingerprint density at radius 1 is 1.03 bits per heavy atom. The molecule has 0 atom stereocenters. The standard InChI is InChI=1S/C25H31N3O2S/c1-19-17-23(29)24(25(30)27(4)18-21-11-8-16-31-21)22(28(19)15-14-26(2)3)13-12-20-9-6-5-7-10-20/h5-11,16-17H,12-15,18H2,1-4H3. The third-order valence-electron chi connectivity index (χ3n) is 5.42. The van der Waals surface area contributed by atoms with Gasteiger partial charge in [-0.3, -0.25) is 9.59 Å². The number of aryl methyl sites for hydroxylation is 2. The lowest BCUT2D eigenvalue weighted by Gasteiger charge is -2.24. The molecule has 0 aliphatic rings. The lowest BCUT2D eigenvalue weighted by molar-refractivity contribution is 0.0782. The molecule has 1 aromatic carbocycles. The van der Waals surface area contributed by atoms with E-state index in [0.717, 1.165) is 35.8 Å². The van der Waals surface area contributed by atoms with Crippen LogP contribution in [0.3, 0.4) is 0 Å². The number of hydrogen-bond donors (Lipinski definition) is 0. The maximum atomic E-state index is 13.4. The normalized spacial score (nSPS) is 11.1. The minimum Gasteiger partial charge on any atom is -0.347 e. The van der Waals surface area contributed by atoms with Gasteiger partial charge in [0, 0.05) is 42.5 Å². The minimum atomic E-state index is -0.208. The van der Waals surface area contributed by atoms with Crippen LogP contribution in [0, 0.1) is 6.92 Å². The summed E-state index contributed by atoms with van der Waals surface area (Å²) in [4.78, 5) is 31.3. The number of rotatable bonds is 9. The summed E-state index contributed by atoms with van der Waals surface area (Å²) in [6.45, 7) is 4.02. The summed E-state index contributed by atoms with van der Waals surface area (Å²) in [6.07, 6.45) is 1.42. The smallest absolute Gasteiger partial charge is 0.259 e. The van der Waals surface area contributed by atoms with E-state index >= 15 is 0 Å². The summed E-state index contributed by atoms with van der Waals surface area (Å²) in [5.74, 6) is -0.208. The van der Waals surface area contributed by atoms with Crippen molar-refractivity contribution in [3.63, 3.8) is 0 Å². The van der Waals surface area contributed by atoms with Crippen LogP contribution in [0.25, 0.3) is 0 Å². The van der Waals surface area contributed by atoms with Crippen LogP contribution in [-0.4, -0.2) is 48.0 Å². The van der Waals surface area contributed by atoms with Gasteiger partial charge in [0.2, 0.25) is 0 Å². The molecule has 0 fully saturated rings. The first-order chi connectivity index (χ1) is 14.9. The minimum absolute atomic E-state index is 0.190. The van der Waals surface area contributed by atoms with Crippen LogP contribution in [0.5, 0.6) is 0 Å². The lowest BCUT2D eigenvalue weighted by Crippen LogP contribution is -2.35. The second-order valence-electron chi connectivity index (χ2n) is 8.15. The van der Waals surface area contributed by atoms with E-state index in [0.29, 0.717) is 18.5 Å². The molecule has 0 saturated carbocycles. The van der Waals surface area contributed by atoms with Crippen molar-refractivity contribution in [3.05, 3.63) is 91.5 Å². The van der Waals surface area contributed by atoms with Crippen molar-refractivity contribution in [2.75, 3.05) is 27.7 Å². The van der Waals surface area contributed by atoms with Crippen LogP contribution < -0.4 is 5.43 Å². The van der Waals surface area contributed by atoms with Crippen LogP contribution in [-0.2, 0) is 25.9 Å². The number of hydrogen-bond acceptors (Lipinski definition) is 4. The summed E-state index contributed by atoms with van der Waals surface area (Å²) in [5, 5.41) is 2.00. The van der Waals surface area contributed by atoms with Gasteiger partial charge in [0.15, 0.2) is 5.43 Å². The number of likely N-dealkylation sites (N-methyl/N-ethyl adjacent to an activating group) is 1. The summed E-state index contributed by atoms with van der Waals surface area (Å²) < 4.78 is 2.15. The quantitative estimate of drug-likeness (QED) is 0.511. The molecular weight excluding hydrogens is 406 g/mol. The first-order valence-corrected chi connectivity index (χ1v) is 11.4. The number of nitrogens with zero attached hydrogens (tertiary/aromatic N) is 3. The maximum absolute atomic E-state index is 13.4. The molecule has 2 heterocycles. The number of pyridine rings is 1. The predicted octanol–water partition coefficient (Wildman–Crippen LogP) is 3.84. The number of aromatic nitrogens is 1. The summed E-state index contributed by atoms with van der Waals surface area (Å²) in [7, 11) is 5.83. The van der Waals surface area contributed by atoms with Crippen molar-refractivity contribution in [2.24, 2.45) is 0 Å². The van der Waals surface area contributed by atoms with E-state index in [1.54, 1.807) is 29.4 Å². The van der Waals surface area contributed by atoms with Gasteiger partial charge >= 0.3 is 0 Å². The molecule has 0 radical (unpaired) electrons. The Bertz CT molecular complexity index is 1060. The highest BCUT2D eigenvalue weighted by molar-refractivity contribution is 7.09. The molecule has 0 saturated heterocycles. The highest BCUT2D eigenvalue weighted by Crippen LogP contribution is 2.17. The fourth-order valence-corrected chi connectivity index (χ4v) is 4.49. The lowest BCUT2D eigenvalue weighted by atomic mass is 10.0. The van der Waals surface area contributed by atoms with Crippen molar-refractivity contribution in [1.29, 1.82) is 0 Å². The molecular formula is C25H31N3O2S. The third-order valence-corrected chi connectivity index (χ3v) is 6.29. The molecule has 0 unspecified atom stereocenters. The third kappa shape index (κ3) is 5.93. The van der Waals surface area contributed by atoms with E-state index < -0.39 is 0 Å². The Balaban J connectivity index is 1.99. The highest BCUT2D eigenvalue weighted by atomic mass is 32.1. The van der Waals surface area contributed by atoms with E-state index in [4.69, 9.17) is 0 Å². The maximum Gasteiger partial charge on any atom is 0.259 e. The van der Waals surface area contributed by atoms with Crippen LogP contribution in [0.4, 0.5) is 0 Å². The number of carbonyl (C=O) groups is 1. The van der Waals surface area contributed by atoms with Gasteiger partial charge in [0.25, 0.3) is 5.91 Å². The van der Waals surface area contributed by atoms with Crippen LogP contribution >= 0.6 is 11.3 Å². The van der Waals surface area contributed by atoms with Gasteiger partial charge in [0.05, 0.1) is 6.54 Å². The zero-order valence-electron chi connectivity index (χ0n) is 18.8. The fraction of sp³-hybridized carbons (Fsp3) is 0.360. The van der Waals surface area contributed by atoms with Crippen molar-refractivity contribution >= 4 is 17.2 Å². The van der Waals surface area contributed by atoms with Gasteiger partial charge in [-0.2, -0.15) is 0 Å². The zero-order valence-corrected chi connectivity index (χ0v) is 19.6. The molecule has 31 heavy (non-hydrogen) atoms. The molecule has 0 aliphatic carbocycles. The predicted molar refractivity (Wildman–Crippen MR) is 128 cm³/mol. The molecule has 3 rings (SSSR count). The van der Waals surface area contributed by atoms with Gasteiger partial charge in [-0.25, -0.2) is 0 Å². The molecule has 5 nitrogen and oxygen atoms in total. The first kappa shape index (κ1) is 23.0. The van der Waals surface area contributed by atoms with E-state index in [-0.39, 0.29) is 11.3 Å².